The number of hydrogen-bond donors (Lipinski definition) is 0. The predicted molar refractivity (Wildman–Crippen MR) is 95.2 cm³/mol. The van der Waals surface area contributed by atoms with E-state index in [1.807, 2.05) is 6.92 Å². The molecule has 0 saturated carbocycles. The monoisotopic (exact) mass is 387 g/mol. The Morgan fingerprint density at radius 1 is 1.28 bits per heavy atom. The van der Waals surface area contributed by atoms with Crippen molar-refractivity contribution in [2.45, 2.75) is 32.2 Å². The van der Waals surface area contributed by atoms with Gasteiger partial charge in [-0.1, -0.05) is 30.7 Å². The van der Waals surface area contributed by atoms with Crippen molar-refractivity contribution >= 4 is 33.3 Å². The van der Waals surface area contributed by atoms with Crippen molar-refractivity contribution in [3.63, 3.8) is 0 Å². The molecule has 2 rings (SSSR count). The van der Waals surface area contributed by atoms with Crippen molar-refractivity contribution in [2.24, 2.45) is 0 Å². The molecule has 1 fully saturated rings. The quantitative estimate of drug-likeness (QED) is 0.667. The minimum absolute atomic E-state index is 0.0164. The van der Waals surface area contributed by atoms with E-state index in [1.54, 1.807) is 24.3 Å². The lowest BCUT2D eigenvalue weighted by molar-refractivity contribution is -0.152. The van der Waals surface area contributed by atoms with Gasteiger partial charge >= 0.3 is 5.97 Å². The van der Waals surface area contributed by atoms with E-state index in [1.165, 1.54) is 4.90 Å². The first kappa shape index (κ1) is 19.7. The van der Waals surface area contributed by atoms with Crippen molar-refractivity contribution in [3.8, 4) is 0 Å². The van der Waals surface area contributed by atoms with Crippen LogP contribution in [0.2, 0.25) is 5.02 Å². The molecule has 138 valence electrons. The van der Waals surface area contributed by atoms with E-state index < -0.39 is 15.8 Å². The number of nitrogens with zero attached hydrogens (tertiary/aromatic N) is 1. The maximum absolute atomic E-state index is 12.4. The highest BCUT2D eigenvalue weighted by Gasteiger charge is 2.34. The Morgan fingerprint density at radius 3 is 2.52 bits per heavy atom. The summed E-state index contributed by atoms with van der Waals surface area (Å²) in [4.78, 5) is 25.8. The lowest BCUT2D eigenvalue weighted by Crippen LogP contribution is -2.43. The zero-order valence-electron chi connectivity index (χ0n) is 14.1. The van der Waals surface area contributed by atoms with Gasteiger partial charge in [0.15, 0.2) is 16.4 Å². The Labute approximate surface area is 153 Å². The van der Waals surface area contributed by atoms with E-state index in [4.69, 9.17) is 16.3 Å². The number of benzene rings is 1. The molecular formula is C17H22ClNO5S. The summed E-state index contributed by atoms with van der Waals surface area (Å²) in [5.41, 5.74) is 0.745. The number of sulfone groups is 1. The first-order chi connectivity index (χ1) is 11.8. The van der Waals surface area contributed by atoms with Gasteiger partial charge in [-0.2, -0.15) is 0 Å². The van der Waals surface area contributed by atoms with Crippen LogP contribution in [0.25, 0.3) is 0 Å². The Kier molecular flexibility index (Phi) is 6.84. The van der Waals surface area contributed by atoms with Gasteiger partial charge < -0.3 is 9.64 Å². The Balaban J connectivity index is 1.87. The second-order valence-electron chi connectivity index (χ2n) is 6.11. The Hall–Kier alpha value is -1.60. The maximum atomic E-state index is 12.4. The van der Waals surface area contributed by atoms with Crippen molar-refractivity contribution in [2.75, 3.05) is 24.7 Å². The minimum Gasteiger partial charge on any atom is -0.455 e. The standard InChI is InChI=1S/C17H22ClNO5S/c1-2-8-19(15-7-9-25(22,23)12-15)16(20)11-24-17(21)10-13-3-5-14(18)6-4-13/h3-6,15H,2,7-12H2,1H3/t15-/m1/s1. The Bertz CT molecular complexity index is 717. The third kappa shape index (κ3) is 6.01. The second-order valence-corrected chi connectivity index (χ2v) is 8.77. The smallest absolute Gasteiger partial charge is 0.310 e. The van der Waals surface area contributed by atoms with Gasteiger partial charge in [0.2, 0.25) is 0 Å². The van der Waals surface area contributed by atoms with Crippen molar-refractivity contribution in [1.29, 1.82) is 0 Å². The molecular weight excluding hydrogens is 366 g/mol. The molecule has 0 aromatic heterocycles. The molecule has 8 heteroatoms. The lowest BCUT2D eigenvalue weighted by atomic mass is 10.1. The molecule has 1 saturated heterocycles. The summed E-state index contributed by atoms with van der Waals surface area (Å²) in [5, 5.41) is 0.578. The van der Waals surface area contributed by atoms with Gasteiger partial charge in [-0.15, -0.1) is 0 Å². The van der Waals surface area contributed by atoms with Gasteiger partial charge in [-0.25, -0.2) is 8.42 Å². The summed E-state index contributed by atoms with van der Waals surface area (Å²) in [6.45, 7) is 1.99. The van der Waals surface area contributed by atoms with Gasteiger partial charge in [0.05, 0.1) is 17.9 Å². The van der Waals surface area contributed by atoms with E-state index in [2.05, 4.69) is 0 Å². The van der Waals surface area contributed by atoms with Crippen molar-refractivity contribution in [1.82, 2.24) is 4.90 Å². The molecule has 0 aliphatic carbocycles. The third-order valence-corrected chi connectivity index (χ3v) is 6.05. The highest BCUT2D eigenvalue weighted by atomic mass is 35.5. The summed E-state index contributed by atoms with van der Waals surface area (Å²) < 4.78 is 28.3. The number of amides is 1. The minimum atomic E-state index is -3.08. The topological polar surface area (TPSA) is 80.8 Å². The van der Waals surface area contributed by atoms with Gasteiger partial charge in [-0.3, -0.25) is 9.59 Å². The molecule has 0 radical (unpaired) electrons. The number of esters is 1. The maximum Gasteiger partial charge on any atom is 0.310 e. The molecule has 0 bridgehead atoms. The van der Waals surface area contributed by atoms with Crippen LogP contribution >= 0.6 is 11.6 Å². The summed E-state index contributed by atoms with van der Waals surface area (Å²) in [6, 6.07) is 6.47. The average Bonchev–Trinajstić information content (AvgIpc) is 2.92. The molecule has 0 N–H and O–H groups in total. The zero-order valence-corrected chi connectivity index (χ0v) is 15.7. The fourth-order valence-electron chi connectivity index (χ4n) is 2.82. The van der Waals surface area contributed by atoms with E-state index in [0.29, 0.717) is 24.4 Å². The average molecular weight is 388 g/mol. The third-order valence-electron chi connectivity index (χ3n) is 4.05. The van der Waals surface area contributed by atoms with Crippen molar-refractivity contribution in [3.05, 3.63) is 34.9 Å². The van der Waals surface area contributed by atoms with E-state index in [9.17, 15) is 18.0 Å². The molecule has 0 unspecified atom stereocenters. The fraction of sp³-hybridized carbons (Fsp3) is 0.529. The number of halogens is 1. The molecule has 1 atom stereocenters. The summed E-state index contributed by atoms with van der Waals surface area (Å²) in [5.74, 6) is -0.779. The molecule has 6 nitrogen and oxygen atoms in total. The molecule has 1 heterocycles. The second kappa shape index (κ2) is 8.67. The lowest BCUT2D eigenvalue weighted by Gasteiger charge is -2.27. The van der Waals surface area contributed by atoms with Crippen LogP contribution in [-0.4, -0.2) is 55.9 Å². The van der Waals surface area contributed by atoms with E-state index >= 15 is 0 Å². The molecule has 25 heavy (non-hydrogen) atoms. The summed E-state index contributed by atoms with van der Waals surface area (Å²) in [6.07, 6.45) is 1.20. The van der Waals surface area contributed by atoms with E-state index in [0.717, 1.165) is 5.56 Å². The first-order valence-corrected chi connectivity index (χ1v) is 10.4. The zero-order chi connectivity index (χ0) is 18.4. The van der Waals surface area contributed by atoms with Crippen LogP contribution in [0.1, 0.15) is 25.3 Å². The molecule has 1 aliphatic heterocycles. The first-order valence-electron chi connectivity index (χ1n) is 8.20. The SMILES string of the molecule is CCCN(C(=O)COC(=O)Cc1ccc(Cl)cc1)[C@@H]1CCS(=O)(=O)C1. The van der Waals surface area contributed by atoms with Gasteiger partial charge in [-0.05, 0) is 30.5 Å². The van der Waals surface area contributed by atoms with Crippen LogP contribution in [0.4, 0.5) is 0 Å². The summed E-state index contributed by atoms with van der Waals surface area (Å²) >= 11 is 5.79. The summed E-state index contributed by atoms with van der Waals surface area (Å²) in [7, 11) is -3.08. The molecule has 1 amide bonds. The van der Waals surface area contributed by atoms with Crippen LogP contribution in [0, 0.1) is 0 Å². The van der Waals surface area contributed by atoms with Crippen LogP contribution < -0.4 is 0 Å². The number of rotatable bonds is 7. The predicted octanol–water partition coefficient (Wildman–Crippen LogP) is 1.85. The van der Waals surface area contributed by atoms with E-state index in [-0.39, 0.29) is 36.5 Å². The van der Waals surface area contributed by atoms with Crippen LogP contribution in [0.3, 0.4) is 0 Å². The molecule has 1 aliphatic rings. The van der Waals surface area contributed by atoms with Crippen LogP contribution in [0.15, 0.2) is 24.3 Å². The number of carbonyl (C=O) groups excluding carboxylic acids is 2. The van der Waals surface area contributed by atoms with Crippen molar-refractivity contribution < 1.29 is 22.7 Å². The number of hydrogen-bond acceptors (Lipinski definition) is 5. The van der Waals surface area contributed by atoms with Gasteiger partial charge in [0, 0.05) is 17.6 Å². The normalized spacial score (nSPS) is 18.7. The molecule has 1 aromatic carbocycles. The highest BCUT2D eigenvalue weighted by Crippen LogP contribution is 2.18. The van der Waals surface area contributed by atoms with Crippen LogP contribution in [-0.2, 0) is 30.6 Å². The number of ether oxygens (including phenoxy) is 1. The molecule has 0 spiro atoms. The molecule has 1 aromatic rings. The number of carbonyl (C=O) groups is 2. The fourth-order valence-corrected chi connectivity index (χ4v) is 4.67. The van der Waals surface area contributed by atoms with Gasteiger partial charge in [0.25, 0.3) is 5.91 Å². The van der Waals surface area contributed by atoms with Gasteiger partial charge in [0.1, 0.15) is 0 Å². The highest BCUT2D eigenvalue weighted by molar-refractivity contribution is 7.91. The Morgan fingerprint density at radius 2 is 1.96 bits per heavy atom. The largest absolute Gasteiger partial charge is 0.455 e. The van der Waals surface area contributed by atoms with Crippen LogP contribution in [0.5, 0.6) is 0 Å².